The van der Waals surface area contributed by atoms with Gasteiger partial charge in [0.25, 0.3) is 5.91 Å². The highest BCUT2D eigenvalue weighted by molar-refractivity contribution is 9.10. The molecule has 0 saturated carbocycles. The molecule has 0 bridgehead atoms. The third-order valence-corrected chi connectivity index (χ3v) is 5.58. The van der Waals surface area contributed by atoms with Gasteiger partial charge in [0, 0.05) is 23.5 Å². The zero-order valence-electron chi connectivity index (χ0n) is 16.4. The fourth-order valence-corrected chi connectivity index (χ4v) is 3.98. The van der Waals surface area contributed by atoms with Crippen LogP contribution >= 0.6 is 15.9 Å². The summed E-state index contributed by atoms with van der Waals surface area (Å²) in [5.41, 5.74) is 2.28. The van der Waals surface area contributed by atoms with E-state index in [1.165, 1.54) is 5.56 Å². The van der Waals surface area contributed by atoms with Crippen molar-refractivity contribution in [3.8, 4) is 0 Å². The number of benzene rings is 2. The van der Waals surface area contributed by atoms with E-state index < -0.39 is 0 Å². The number of rotatable bonds is 7. The first-order chi connectivity index (χ1) is 14.1. The summed E-state index contributed by atoms with van der Waals surface area (Å²) in [6.45, 7) is 6.64. The molecule has 1 fully saturated rings. The van der Waals surface area contributed by atoms with Gasteiger partial charge >= 0.3 is 0 Å². The van der Waals surface area contributed by atoms with Gasteiger partial charge in [-0.2, -0.15) is 0 Å². The predicted molar refractivity (Wildman–Crippen MR) is 120 cm³/mol. The minimum absolute atomic E-state index is 0.0175. The Morgan fingerprint density at radius 2 is 1.90 bits per heavy atom. The van der Waals surface area contributed by atoms with Crippen LogP contribution in [0.15, 0.2) is 65.7 Å². The minimum Gasteiger partial charge on any atom is -0.349 e. The Kier molecular flexibility index (Phi) is 7.61. The van der Waals surface area contributed by atoms with Gasteiger partial charge < -0.3 is 10.6 Å². The van der Waals surface area contributed by atoms with Crippen LogP contribution in [-0.4, -0.2) is 36.3 Å². The number of halogens is 1. The van der Waals surface area contributed by atoms with Gasteiger partial charge in [-0.25, -0.2) is 0 Å². The number of nitrogens with one attached hydrogen (secondary N) is 2. The molecule has 1 aliphatic rings. The number of carbonyl (C=O) groups excluding carboxylic acids is 2. The zero-order valence-corrected chi connectivity index (χ0v) is 18.0. The summed E-state index contributed by atoms with van der Waals surface area (Å²) < 4.78 is 1.08. The molecule has 0 aromatic heterocycles. The molecule has 1 aliphatic heterocycles. The average Bonchev–Trinajstić information content (AvgIpc) is 2.73. The monoisotopic (exact) mass is 455 g/mol. The number of carbonyl (C=O) groups is 2. The number of likely N-dealkylation sites (tertiary alicyclic amines) is 1. The molecule has 5 nitrogen and oxygen atoms in total. The molecule has 0 aliphatic carbocycles. The fourth-order valence-electron chi connectivity index (χ4n) is 3.53. The van der Waals surface area contributed by atoms with Crippen LogP contribution in [0, 0.1) is 5.92 Å². The van der Waals surface area contributed by atoms with Gasteiger partial charge in [-0.05, 0) is 55.8 Å². The van der Waals surface area contributed by atoms with E-state index >= 15 is 0 Å². The Balaban J connectivity index is 1.55. The number of para-hydroxylation sites is 1. The van der Waals surface area contributed by atoms with E-state index in [0.29, 0.717) is 17.8 Å². The SMILES string of the molecule is C=CCNC(=O)c1ccccc1NC(=O)C1CCN(Cc2cccc(Br)c2)CC1. The first kappa shape index (κ1) is 21.3. The zero-order chi connectivity index (χ0) is 20.6. The first-order valence-corrected chi connectivity index (χ1v) is 10.6. The second kappa shape index (κ2) is 10.4. The number of amides is 2. The highest BCUT2D eigenvalue weighted by atomic mass is 79.9. The van der Waals surface area contributed by atoms with Crippen LogP contribution in [0.2, 0.25) is 0 Å². The summed E-state index contributed by atoms with van der Waals surface area (Å²) in [7, 11) is 0. The molecule has 2 N–H and O–H groups in total. The van der Waals surface area contributed by atoms with Gasteiger partial charge in [-0.15, -0.1) is 6.58 Å². The van der Waals surface area contributed by atoms with Crippen molar-refractivity contribution in [3.05, 3.63) is 76.8 Å². The van der Waals surface area contributed by atoms with Crippen LogP contribution in [0.3, 0.4) is 0 Å². The van der Waals surface area contributed by atoms with Crippen molar-refractivity contribution >= 4 is 33.4 Å². The molecule has 2 aromatic carbocycles. The van der Waals surface area contributed by atoms with Crippen molar-refractivity contribution in [3.63, 3.8) is 0 Å². The van der Waals surface area contributed by atoms with E-state index in [1.54, 1.807) is 24.3 Å². The molecule has 6 heteroatoms. The molecule has 2 aromatic rings. The maximum absolute atomic E-state index is 12.8. The van der Waals surface area contributed by atoms with Crippen LogP contribution in [0.5, 0.6) is 0 Å². The van der Waals surface area contributed by atoms with E-state index in [4.69, 9.17) is 0 Å². The Morgan fingerprint density at radius 3 is 2.62 bits per heavy atom. The fraction of sp³-hybridized carbons (Fsp3) is 0.304. The van der Waals surface area contributed by atoms with Crippen LogP contribution < -0.4 is 10.6 Å². The van der Waals surface area contributed by atoms with Gasteiger partial charge in [0.05, 0.1) is 11.3 Å². The number of hydrogen-bond acceptors (Lipinski definition) is 3. The summed E-state index contributed by atoms with van der Waals surface area (Å²) in [6, 6.07) is 15.4. The molecule has 0 unspecified atom stereocenters. The lowest BCUT2D eigenvalue weighted by Gasteiger charge is -2.31. The summed E-state index contributed by atoms with van der Waals surface area (Å²) in [5.74, 6) is -0.279. The highest BCUT2D eigenvalue weighted by Gasteiger charge is 2.26. The summed E-state index contributed by atoms with van der Waals surface area (Å²) in [4.78, 5) is 27.5. The minimum atomic E-state index is -0.218. The smallest absolute Gasteiger partial charge is 0.253 e. The molecule has 1 heterocycles. The van der Waals surface area contributed by atoms with Crippen molar-refractivity contribution in [2.75, 3.05) is 25.0 Å². The molecule has 0 spiro atoms. The largest absolute Gasteiger partial charge is 0.349 e. The lowest BCUT2D eigenvalue weighted by molar-refractivity contribution is -0.121. The summed E-state index contributed by atoms with van der Waals surface area (Å²) in [6.07, 6.45) is 3.25. The third-order valence-electron chi connectivity index (χ3n) is 5.09. The standard InChI is InChI=1S/C23H26BrN3O2/c1-2-12-25-23(29)20-8-3-4-9-21(20)26-22(28)18-10-13-27(14-11-18)16-17-6-5-7-19(24)15-17/h2-9,15,18H,1,10-14,16H2,(H,25,29)(H,26,28). The van der Waals surface area contributed by atoms with Gasteiger partial charge in [0.2, 0.25) is 5.91 Å². The van der Waals surface area contributed by atoms with Crippen molar-refractivity contribution in [2.24, 2.45) is 5.92 Å². The maximum atomic E-state index is 12.8. The van der Waals surface area contributed by atoms with E-state index in [2.05, 4.69) is 50.2 Å². The molecule has 3 rings (SSSR count). The van der Waals surface area contributed by atoms with Crippen LogP contribution in [0.4, 0.5) is 5.69 Å². The lowest BCUT2D eigenvalue weighted by atomic mass is 9.95. The van der Waals surface area contributed by atoms with Crippen molar-refractivity contribution < 1.29 is 9.59 Å². The van der Waals surface area contributed by atoms with Gasteiger partial charge in [-0.1, -0.05) is 46.3 Å². The van der Waals surface area contributed by atoms with Crippen LogP contribution in [-0.2, 0) is 11.3 Å². The molecular formula is C23H26BrN3O2. The topological polar surface area (TPSA) is 61.4 Å². The average molecular weight is 456 g/mol. The Hall–Kier alpha value is -2.44. The molecule has 0 radical (unpaired) electrons. The molecule has 1 saturated heterocycles. The third kappa shape index (κ3) is 6.02. The summed E-state index contributed by atoms with van der Waals surface area (Å²) >= 11 is 3.51. The van der Waals surface area contributed by atoms with Crippen LogP contribution in [0.1, 0.15) is 28.8 Å². The van der Waals surface area contributed by atoms with Crippen LogP contribution in [0.25, 0.3) is 0 Å². The molecule has 29 heavy (non-hydrogen) atoms. The quantitative estimate of drug-likeness (QED) is 0.614. The predicted octanol–water partition coefficient (Wildman–Crippen LogP) is 4.22. The Bertz CT molecular complexity index is 876. The van der Waals surface area contributed by atoms with E-state index in [0.717, 1.165) is 36.9 Å². The van der Waals surface area contributed by atoms with Crippen molar-refractivity contribution in [1.82, 2.24) is 10.2 Å². The van der Waals surface area contributed by atoms with Crippen molar-refractivity contribution in [1.29, 1.82) is 0 Å². The summed E-state index contributed by atoms with van der Waals surface area (Å²) in [5, 5.41) is 5.72. The second-order valence-corrected chi connectivity index (χ2v) is 8.13. The second-order valence-electron chi connectivity index (χ2n) is 7.21. The molecule has 0 atom stereocenters. The number of nitrogens with zero attached hydrogens (tertiary/aromatic N) is 1. The van der Waals surface area contributed by atoms with E-state index in [9.17, 15) is 9.59 Å². The van der Waals surface area contributed by atoms with E-state index in [-0.39, 0.29) is 17.7 Å². The number of hydrogen-bond donors (Lipinski definition) is 2. The molecule has 152 valence electrons. The van der Waals surface area contributed by atoms with Crippen molar-refractivity contribution in [2.45, 2.75) is 19.4 Å². The highest BCUT2D eigenvalue weighted by Crippen LogP contribution is 2.23. The Morgan fingerprint density at radius 1 is 1.14 bits per heavy atom. The number of piperidine rings is 1. The van der Waals surface area contributed by atoms with Gasteiger partial charge in [-0.3, -0.25) is 14.5 Å². The normalized spacial score (nSPS) is 14.9. The lowest BCUT2D eigenvalue weighted by Crippen LogP contribution is -2.38. The first-order valence-electron chi connectivity index (χ1n) is 9.82. The number of anilines is 1. The Labute approximate surface area is 180 Å². The molecule has 2 amide bonds. The van der Waals surface area contributed by atoms with E-state index in [1.807, 2.05) is 18.2 Å². The van der Waals surface area contributed by atoms with Gasteiger partial charge in [0.1, 0.15) is 0 Å². The molecular weight excluding hydrogens is 430 g/mol. The maximum Gasteiger partial charge on any atom is 0.253 e. The van der Waals surface area contributed by atoms with Gasteiger partial charge in [0.15, 0.2) is 0 Å².